The molecule has 0 saturated heterocycles. The van der Waals surface area contributed by atoms with Crippen molar-refractivity contribution in [3.05, 3.63) is 35.9 Å². The van der Waals surface area contributed by atoms with Crippen LogP contribution >= 0.6 is 0 Å². The average molecular weight is 285 g/mol. The molecule has 1 aliphatic carbocycles. The summed E-state index contributed by atoms with van der Waals surface area (Å²) in [7, 11) is 0. The van der Waals surface area contributed by atoms with Gasteiger partial charge in [-0.2, -0.15) is 5.21 Å². The largest absolute Gasteiger partial charge is 0.292 e. The maximum atomic E-state index is 11.9. The molecule has 1 saturated carbocycles. The molecular weight excluding hydrogens is 266 g/mol. The van der Waals surface area contributed by atoms with Crippen LogP contribution in [0.25, 0.3) is 0 Å². The summed E-state index contributed by atoms with van der Waals surface area (Å²) < 4.78 is 0. The first-order valence-electron chi connectivity index (χ1n) is 7.39. The van der Waals surface area contributed by atoms with Crippen LogP contribution in [0.2, 0.25) is 0 Å². The number of nitrogens with zero attached hydrogens (tertiary/aromatic N) is 3. The number of aromatic amines is 1. The summed E-state index contributed by atoms with van der Waals surface area (Å²) in [5, 5.41) is 15.8. The number of rotatable bonds is 4. The molecule has 1 aromatic carbocycles. The average Bonchev–Trinajstić information content (AvgIpc) is 3.02. The van der Waals surface area contributed by atoms with Crippen molar-refractivity contribution in [2.24, 2.45) is 5.92 Å². The minimum absolute atomic E-state index is 0.0282. The fourth-order valence-corrected chi connectivity index (χ4v) is 3.08. The summed E-state index contributed by atoms with van der Waals surface area (Å²) in [5.74, 6) is 1.32. The summed E-state index contributed by atoms with van der Waals surface area (Å²) in [6.07, 6.45) is 5.04. The molecule has 1 amide bonds. The summed E-state index contributed by atoms with van der Waals surface area (Å²) in [4.78, 5) is 11.9. The van der Waals surface area contributed by atoms with Gasteiger partial charge in [0.2, 0.25) is 5.91 Å². The molecular formula is C15H19N5O. The Balaban J connectivity index is 1.46. The Morgan fingerprint density at radius 3 is 2.62 bits per heavy atom. The van der Waals surface area contributed by atoms with E-state index in [-0.39, 0.29) is 11.9 Å². The van der Waals surface area contributed by atoms with Crippen molar-refractivity contribution in [2.75, 3.05) is 5.32 Å². The molecule has 0 aliphatic heterocycles. The molecule has 3 rings (SSSR count). The van der Waals surface area contributed by atoms with Gasteiger partial charge in [0.1, 0.15) is 0 Å². The van der Waals surface area contributed by atoms with Gasteiger partial charge in [0.05, 0.1) is 0 Å². The first-order chi connectivity index (χ1) is 10.3. The van der Waals surface area contributed by atoms with Crippen LogP contribution in [0.3, 0.4) is 0 Å². The van der Waals surface area contributed by atoms with Gasteiger partial charge in [-0.25, -0.2) is 0 Å². The van der Waals surface area contributed by atoms with Gasteiger partial charge < -0.3 is 0 Å². The van der Waals surface area contributed by atoms with E-state index in [1.807, 2.05) is 0 Å². The third kappa shape index (κ3) is 3.65. The zero-order chi connectivity index (χ0) is 14.5. The van der Waals surface area contributed by atoms with Crippen LogP contribution in [-0.2, 0) is 4.79 Å². The van der Waals surface area contributed by atoms with E-state index < -0.39 is 0 Å². The summed E-state index contributed by atoms with van der Waals surface area (Å²) in [6.45, 7) is 0. The molecule has 6 nitrogen and oxygen atoms in total. The standard InChI is InChI=1S/C15H19N5O/c21-14(16-15-17-19-20-18-15)10-11-6-8-13(9-7-11)12-4-2-1-3-5-12/h1-5,11,13H,6-10H2,(H2,16,17,18,19,20,21). The molecule has 110 valence electrons. The van der Waals surface area contributed by atoms with E-state index >= 15 is 0 Å². The lowest BCUT2D eigenvalue weighted by molar-refractivity contribution is -0.117. The summed E-state index contributed by atoms with van der Waals surface area (Å²) >= 11 is 0. The van der Waals surface area contributed by atoms with Crippen LogP contribution in [-0.4, -0.2) is 26.5 Å². The lowest BCUT2D eigenvalue weighted by Gasteiger charge is -2.28. The summed E-state index contributed by atoms with van der Waals surface area (Å²) in [6, 6.07) is 10.7. The third-order valence-corrected chi connectivity index (χ3v) is 4.19. The number of H-pyrrole nitrogens is 1. The molecule has 1 heterocycles. The van der Waals surface area contributed by atoms with Crippen LogP contribution in [0.5, 0.6) is 0 Å². The minimum Gasteiger partial charge on any atom is -0.292 e. The first-order valence-corrected chi connectivity index (χ1v) is 7.39. The number of carbonyl (C=O) groups is 1. The fraction of sp³-hybridized carbons (Fsp3) is 0.467. The molecule has 1 fully saturated rings. The molecule has 21 heavy (non-hydrogen) atoms. The highest BCUT2D eigenvalue weighted by molar-refractivity contribution is 5.88. The van der Waals surface area contributed by atoms with E-state index in [9.17, 15) is 4.79 Å². The van der Waals surface area contributed by atoms with Crippen molar-refractivity contribution >= 4 is 11.9 Å². The molecule has 0 radical (unpaired) electrons. The van der Waals surface area contributed by atoms with Crippen molar-refractivity contribution in [1.82, 2.24) is 20.6 Å². The van der Waals surface area contributed by atoms with Gasteiger partial charge in [-0.1, -0.05) is 35.4 Å². The summed E-state index contributed by atoms with van der Waals surface area (Å²) in [5.41, 5.74) is 1.42. The number of benzene rings is 1. The molecule has 0 spiro atoms. The van der Waals surface area contributed by atoms with Crippen LogP contribution in [0.1, 0.15) is 43.6 Å². The van der Waals surface area contributed by atoms with Crippen LogP contribution in [0.15, 0.2) is 30.3 Å². The number of amides is 1. The Morgan fingerprint density at radius 2 is 1.95 bits per heavy atom. The highest BCUT2D eigenvalue weighted by Crippen LogP contribution is 2.36. The van der Waals surface area contributed by atoms with Gasteiger partial charge in [-0.3, -0.25) is 10.1 Å². The lowest BCUT2D eigenvalue weighted by atomic mass is 9.77. The van der Waals surface area contributed by atoms with E-state index in [2.05, 4.69) is 56.3 Å². The third-order valence-electron chi connectivity index (χ3n) is 4.19. The van der Waals surface area contributed by atoms with Crippen LogP contribution in [0, 0.1) is 5.92 Å². The molecule has 6 heteroatoms. The van der Waals surface area contributed by atoms with Gasteiger partial charge >= 0.3 is 0 Å². The van der Waals surface area contributed by atoms with Crippen molar-refractivity contribution in [3.8, 4) is 0 Å². The SMILES string of the molecule is O=C(CC1CCC(c2ccccc2)CC1)Nc1nn[nH]n1. The fourth-order valence-electron chi connectivity index (χ4n) is 3.08. The van der Waals surface area contributed by atoms with E-state index in [0.29, 0.717) is 18.3 Å². The van der Waals surface area contributed by atoms with E-state index in [1.165, 1.54) is 5.56 Å². The predicted octanol–water partition coefficient (Wildman–Crippen LogP) is 2.50. The van der Waals surface area contributed by atoms with E-state index in [0.717, 1.165) is 25.7 Å². The monoisotopic (exact) mass is 285 g/mol. The van der Waals surface area contributed by atoms with E-state index in [1.54, 1.807) is 0 Å². The zero-order valence-corrected chi connectivity index (χ0v) is 11.8. The Bertz CT molecular complexity index is 561. The van der Waals surface area contributed by atoms with Crippen molar-refractivity contribution < 1.29 is 4.79 Å². The normalized spacial score (nSPS) is 21.9. The van der Waals surface area contributed by atoms with Crippen molar-refractivity contribution in [3.63, 3.8) is 0 Å². The van der Waals surface area contributed by atoms with Gasteiger partial charge in [-0.15, -0.1) is 5.10 Å². The lowest BCUT2D eigenvalue weighted by Crippen LogP contribution is -2.21. The number of anilines is 1. The second-order valence-corrected chi connectivity index (χ2v) is 5.62. The van der Waals surface area contributed by atoms with Gasteiger partial charge in [-0.05, 0) is 48.3 Å². The smallest absolute Gasteiger partial charge is 0.269 e. The highest BCUT2D eigenvalue weighted by Gasteiger charge is 2.24. The number of hydrogen-bond acceptors (Lipinski definition) is 4. The van der Waals surface area contributed by atoms with Crippen LogP contribution in [0.4, 0.5) is 5.95 Å². The number of carbonyl (C=O) groups excluding carboxylic acids is 1. The number of hydrogen-bond donors (Lipinski definition) is 2. The Morgan fingerprint density at radius 1 is 1.19 bits per heavy atom. The Kier molecular flexibility index (Phi) is 4.23. The maximum Gasteiger partial charge on any atom is 0.269 e. The second-order valence-electron chi connectivity index (χ2n) is 5.62. The van der Waals surface area contributed by atoms with Gasteiger partial charge in [0, 0.05) is 6.42 Å². The van der Waals surface area contributed by atoms with E-state index in [4.69, 9.17) is 0 Å². The molecule has 2 N–H and O–H groups in total. The molecule has 0 unspecified atom stereocenters. The topological polar surface area (TPSA) is 83.6 Å². The Labute approximate surface area is 123 Å². The maximum absolute atomic E-state index is 11.9. The molecule has 0 bridgehead atoms. The molecule has 1 aliphatic rings. The number of aromatic nitrogens is 4. The minimum atomic E-state index is -0.0282. The van der Waals surface area contributed by atoms with Crippen molar-refractivity contribution in [1.29, 1.82) is 0 Å². The number of tetrazole rings is 1. The predicted molar refractivity (Wildman–Crippen MR) is 78.6 cm³/mol. The molecule has 2 aromatic rings. The first kappa shape index (κ1) is 13.7. The second kappa shape index (κ2) is 6.47. The Hall–Kier alpha value is -2.24. The quantitative estimate of drug-likeness (QED) is 0.904. The van der Waals surface area contributed by atoms with Gasteiger partial charge in [0.25, 0.3) is 5.95 Å². The number of nitrogens with one attached hydrogen (secondary N) is 2. The highest BCUT2D eigenvalue weighted by atomic mass is 16.1. The molecule has 0 atom stereocenters. The van der Waals surface area contributed by atoms with Crippen LogP contribution < -0.4 is 5.32 Å². The molecule has 1 aromatic heterocycles. The zero-order valence-electron chi connectivity index (χ0n) is 11.8. The van der Waals surface area contributed by atoms with Gasteiger partial charge in [0.15, 0.2) is 0 Å². The van der Waals surface area contributed by atoms with Crippen molar-refractivity contribution in [2.45, 2.75) is 38.0 Å².